The molecule has 0 spiro atoms. The molecule has 0 radical (unpaired) electrons. The van der Waals surface area contributed by atoms with E-state index >= 15 is 0 Å². The van der Waals surface area contributed by atoms with Crippen molar-refractivity contribution in [1.82, 2.24) is 10.2 Å². The van der Waals surface area contributed by atoms with Crippen LogP contribution in [0.2, 0.25) is 0 Å². The number of carbonyl (C=O) groups excluding carboxylic acids is 2. The van der Waals surface area contributed by atoms with Crippen LogP contribution in [0.5, 0.6) is 17.2 Å². The van der Waals surface area contributed by atoms with Gasteiger partial charge in [-0.3, -0.25) is 9.59 Å². The summed E-state index contributed by atoms with van der Waals surface area (Å²) in [4.78, 5) is 28.2. The Labute approximate surface area is 202 Å². The molecule has 0 heterocycles. The predicted molar refractivity (Wildman–Crippen MR) is 131 cm³/mol. The Bertz CT molecular complexity index is 925. The van der Waals surface area contributed by atoms with Crippen molar-refractivity contribution in [3.05, 3.63) is 54.1 Å². The third-order valence-corrected chi connectivity index (χ3v) is 6.25. The van der Waals surface area contributed by atoms with E-state index in [-0.39, 0.29) is 24.5 Å². The van der Waals surface area contributed by atoms with Crippen LogP contribution in [-0.2, 0) is 16.1 Å². The lowest BCUT2D eigenvalue weighted by Crippen LogP contribution is -2.52. The summed E-state index contributed by atoms with van der Waals surface area (Å²) in [5.74, 6) is 1.64. The second-order valence-corrected chi connectivity index (χ2v) is 8.60. The average molecular weight is 469 g/mol. The minimum Gasteiger partial charge on any atom is -0.497 e. The molecule has 184 valence electrons. The van der Waals surface area contributed by atoms with Gasteiger partial charge in [0.2, 0.25) is 5.91 Å². The highest BCUT2D eigenvalue weighted by molar-refractivity contribution is 5.88. The molecule has 1 atom stereocenters. The summed E-state index contributed by atoms with van der Waals surface area (Å²) in [6, 6.07) is 14.2. The summed E-state index contributed by atoms with van der Waals surface area (Å²) in [7, 11) is 3.20. The van der Waals surface area contributed by atoms with E-state index in [0.29, 0.717) is 30.2 Å². The first kappa shape index (κ1) is 25.4. The Kier molecular flexibility index (Phi) is 9.62. The highest BCUT2D eigenvalue weighted by atomic mass is 16.5. The highest BCUT2D eigenvalue weighted by Gasteiger charge is 2.30. The predicted octanol–water partition coefficient (Wildman–Crippen LogP) is 4.34. The lowest BCUT2D eigenvalue weighted by Gasteiger charge is -2.32. The van der Waals surface area contributed by atoms with Crippen LogP contribution in [0, 0.1) is 0 Å². The van der Waals surface area contributed by atoms with Gasteiger partial charge >= 0.3 is 0 Å². The van der Waals surface area contributed by atoms with Crippen molar-refractivity contribution in [3.63, 3.8) is 0 Å². The molecule has 1 aliphatic carbocycles. The van der Waals surface area contributed by atoms with Crippen LogP contribution in [0.25, 0.3) is 0 Å². The Hall–Kier alpha value is -3.22. The van der Waals surface area contributed by atoms with Gasteiger partial charge in [0.25, 0.3) is 5.91 Å². The van der Waals surface area contributed by atoms with E-state index < -0.39 is 6.04 Å². The molecular formula is C27H36N2O5. The van der Waals surface area contributed by atoms with Gasteiger partial charge in [0, 0.05) is 12.6 Å². The summed E-state index contributed by atoms with van der Waals surface area (Å²) < 4.78 is 16.3. The van der Waals surface area contributed by atoms with Crippen molar-refractivity contribution >= 4 is 11.8 Å². The molecule has 0 unspecified atom stereocenters. The summed E-state index contributed by atoms with van der Waals surface area (Å²) in [6.07, 6.45) is 5.97. The molecule has 7 nitrogen and oxygen atoms in total. The minimum absolute atomic E-state index is 0.102. The zero-order valence-electron chi connectivity index (χ0n) is 20.4. The maximum absolute atomic E-state index is 13.4. The van der Waals surface area contributed by atoms with Crippen LogP contribution in [0.1, 0.15) is 51.0 Å². The number of hydrogen-bond acceptors (Lipinski definition) is 5. The third kappa shape index (κ3) is 7.14. The molecule has 2 aromatic rings. The number of hydrogen-bond donors (Lipinski definition) is 1. The second-order valence-electron chi connectivity index (χ2n) is 8.60. The first-order chi connectivity index (χ1) is 16.5. The lowest BCUT2D eigenvalue weighted by atomic mass is 9.95. The monoisotopic (exact) mass is 468 g/mol. The molecule has 1 saturated carbocycles. The molecule has 2 aromatic carbocycles. The average Bonchev–Trinajstić information content (AvgIpc) is 2.88. The van der Waals surface area contributed by atoms with E-state index in [0.717, 1.165) is 31.2 Å². The Morgan fingerprint density at radius 3 is 2.29 bits per heavy atom. The van der Waals surface area contributed by atoms with Gasteiger partial charge in [-0.05, 0) is 61.2 Å². The van der Waals surface area contributed by atoms with Crippen LogP contribution in [0.15, 0.2) is 48.5 Å². The quantitative estimate of drug-likeness (QED) is 0.531. The van der Waals surface area contributed by atoms with E-state index in [4.69, 9.17) is 14.2 Å². The molecule has 0 bridgehead atoms. The number of nitrogens with zero attached hydrogens (tertiary/aromatic N) is 1. The zero-order valence-corrected chi connectivity index (χ0v) is 20.4. The lowest BCUT2D eigenvalue weighted by molar-refractivity contribution is -0.143. The maximum atomic E-state index is 13.4. The van der Waals surface area contributed by atoms with Gasteiger partial charge in [0.05, 0.1) is 14.2 Å². The molecule has 1 fully saturated rings. The van der Waals surface area contributed by atoms with Crippen molar-refractivity contribution in [2.75, 3.05) is 20.8 Å². The Balaban J connectivity index is 1.75. The zero-order chi connectivity index (χ0) is 24.3. The van der Waals surface area contributed by atoms with Crippen molar-refractivity contribution in [2.45, 2.75) is 64.1 Å². The van der Waals surface area contributed by atoms with Crippen molar-refractivity contribution < 1.29 is 23.8 Å². The standard InChI is InChI=1S/C27H36N2O5/c1-4-25(27(31)28-21-10-6-5-7-11-21)29(18-20-9-8-12-24(17-20)33-3)26(30)19-34-23-15-13-22(32-2)14-16-23/h8-9,12-17,21,25H,4-7,10-11,18-19H2,1-3H3,(H,28,31)/t25-/m0/s1. The molecule has 0 saturated heterocycles. The summed E-state index contributed by atoms with van der Waals surface area (Å²) in [5.41, 5.74) is 0.890. The fourth-order valence-electron chi connectivity index (χ4n) is 4.33. The maximum Gasteiger partial charge on any atom is 0.261 e. The molecular weight excluding hydrogens is 432 g/mol. The molecule has 1 N–H and O–H groups in total. The van der Waals surface area contributed by atoms with Crippen molar-refractivity contribution in [3.8, 4) is 17.2 Å². The normalized spacial score (nSPS) is 14.7. The van der Waals surface area contributed by atoms with E-state index in [1.165, 1.54) is 6.42 Å². The molecule has 1 aliphatic rings. The van der Waals surface area contributed by atoms with Crippen LogP contribution in [-0.4, -0.2) is 49.6 Å². The number of rotatable bonds is 11. The summed E-state index contributed by atoms with van der Waals surface area (Å²) in [5, 5.41) is 3.19. The van der Waals surface area contributed by atoms with E-state index in [1.807, 2.05) is 31.2 Å². The van der Waals surface area contributed by atoms with E-state index in [2.05, 4.69) is 5.32 Å². The first-order valence-corrected chi connectivity index (χ1v) is 12.0. The fourth-order valence-corrected chi connectivity index (χ4v) is 4.33. The van der Waals surface area contributed by atoms with Crippen LogP contribution in [0.4, 0.5) is 0 Å². The largest absolute Gasteiger partial charge is 0.497 e. The number of carbonyl (C=O) groups is 2. The number of amides is 2. The van der Waals surface area contributed by atoms with Crippen LogP contribution < -0.4 is 19.5 Å². The van der Waals surface area contributed by atoms with Gasteiger partial charge in [-0.15, -0.1) is 0 Å². The third-order valence-electron chi connectivity index (χ3n) is 6.25. The number of ether oxygens (including phenoxy) is 3. The Morgan fingerprint density at radius 1 is 0.971 bits per heavy atom. The van der Waals surface area contributed by atoms with Crippen LogP contribution >= 0.6 is 0 Å². The van der Waals surface area contributed by atoms with Gasteiger partial charge < -0.3 is 24.4 Å². The Morgan fingerprint density at radius 2 is 1.65 bits per heavy atom. The minimum atomic E-state index is -0.583. The second kappa shape index (κ2) is 12.9. The molecule has 3 rings (SSSR count). The van der Waals surface area contributed by atoms with Crippen molar-refractivity contribution in [2.24, 2.45) is 0 Å². The SMILES string of the molecule is CC[C@@H](C(=O)NC1CCCCC1)N(Cc1cccc(OC)c1)C(=O)COc1ccc(OC)cc1. The number of methoxy groups -OCH3 is 2. The molecule has 7 heteroatoms. The van der Waals surface area contributed by atoms with Gasteiger partial charge in [-0.1, -0.05) is 38.3 Å². The van der Waals surface area contributed by atoms with E-state index in [9.17, 15) is 9.59 Å². The van der Waals surface area contributed by atoms with Gasteiger partial charge in [0.1, 0.15) is 23.3 Å². The smallest absolute Gasteiger partial charge is 0.261 e. The molecule has 34 heavy (non-hydrogen) atoms. The van der Waals surface area contributed by atoms with Gasteiger partial charge in [-0.2, -0.15) is 0 Å². The van der Waals surface area contributed by atoms with Gasteiger partial charge in [0.15, 0.2) is 6.61 Å². The fraction of sp³-hybridized carbons (Fsp3) is 0.481. The van der Waals surface area contributed by atoms with Crippen molar-refractivity contribution in [1.29, 1.82) is 0 Å². The molecule has 0 aliphatic heterocycles. The topological polar surface area (TPSA) is 77.1 Å². The molecule has 2 amide bonds. The van der Waals surface area contributed by atoms with Gasteiger partial charge in [-0.25, -0.2) is 0 Å². The van der Waals surface area contributed by atoms with Crippen LogP contribution in [0.3, 0.4) is 0 Å². The summed E-state index contributed by atoms with van der Waals surface area (Å²) >= 11 is 0. The summed E-state index contributed by atoms with van der Waals surface area (Å²) in [6.45, 7) is 2.06. The number of benzene rings is 2. The first-order valence-electron chi connectivity index (χ1n) is 12.0. The van der Waals surface area contributed by atoms with E-state index in [1.54, 1.807) is 43.4 Å². The highest BCUT2D eigenvalue weighted by Crippen LogP contribution is 2.21. The molecule has 0 aromatic heterocycles. The number of nitrogens with one attached hydrogen (secondary N) is 1.